The van der Waals surface area contributed by atoms with E-state index in [2.05, 4.69) is 17.1 Å². The SMILES string of the molecule is CCCCN1CCC[N-]CC1.[Li+]. The third-order valence-electron chi connectivity index (χ3n) is 2.19. The van der Waals surface area contributed by atoms with Crippen molar-refractivity contribution in [2.24, 2.45) is 0 Å². The largest absolute Gasteiger partial charge is 1.00 e. The van der Waals surface area contributed by atoms with Crippen LogP contribution in [0.25, 0.3) is 5.32 Å². The van der Waals surface area contributed by atoms with E-state index in [1.165, 1.54) is 38.9 Å². The molecule has 0 aromatic rings. The van der Waals surface area contributed by atoms with Gasteiger partial charge in [-0.25, -0.2) is 0 Å². The van der Waals surface area contributed by atoms with Crippen LogP contribution in [0.1, 0.15) is 26.2 Å². The summed E-state index contributed by atoms with van der Waals surface area (Å²) in [6.07, 6.45) is 3.93. The molecule has 66 valence electrons. The molecule has 1 rings (SSSR count). The molecule has 0 spiro atoms. The van der Waals surface area contributed by atoms with E-state index in [0.717, 1.165) is 13.1 Å². The van der Waals surface area contributed by atoms with Gasteiger partial charge in [0.05, 0.1) is 0 Å². The van der Waals surface area contributed by atoms with Crippen molar-refractivity contribution in [3.8, 4) is 0 Å². The van der Waals surface area contributed by atoms with E-state index in [9.17, 15) is 0 Å². The Morgan fingerprint density at radius 2 is 2.08 bits per heavy atom. The second-order valence-electron chi connectivity index (χ2n) is 3.22. The molecular formula is C9H19LiN2. The van der Waals surface area contributed by atoms with Gasteiger partial charge in [0.25, 0.3) is 0 Å². The predicted octanol–water partition coefficient (Wildman–Crippen LogP) is -1.13. The minimum Gasteiger partial charge on any atom is -0.661 e. The van der Waals surface area contributed by atoms with Gasteiger partial charge in [0.1, 0.15) is 0 Å². The summed E-state index contributed by atoms with van der Waals surface area (Å²) in [5, 5.41) is 4.39. The van der Waals surface area contributed by atoms with Crippen LogP contribution in [0.15, 0.2) is 0 Å². The fourth-order valence-corrected chi connectivity index (χ4v) is 1.45. The first-order valence-electron chi connectivity index (χ1n) is 4.79. The first-order chi connectivity index (χ1) is 5.43. The third-order valence-corrected chi connectivity index (χ3v) is 2.19. The molecule has 2 nitrogen and oxygen atoms in total. The van der Waals surface area contributed by atoms with Gasteiger partial charge in [-0.05, 0) is 26.1 Å². The Morgan fingerprint density at radius 3 is 2.83 bits per heavy atom. The van der Waals surface area contributed by atoms with Gasteiger partial charge in [0, 0.05) is 0 Å². The Bertz CT molecular complexity index is 90.5. The maximum atomic E-state index is 4.39. The molecular weight excluding hydrogens is 143 g/mol. The first kappa shape index (κ1) is 12.5. The van der Waals surface area contributed by atoms with Crippen LogP contribution >= 0.6 is 0 Å². The second kappa shape index (κ2) is 8.13. The molecule has 1 aliphatic rings. The van der Waals surface area contributed by atoms with Crippen molar-refractivity contribution >= 4 is 0 Å². The Kier molecular flexibility index (Phi) is 8.48. The van der Waals surface area contributed by atoms with Gasteiger partial charge in [-0.15, -0.1) is 13.1 Å². The minimum absolute atomic E-state index is 0. The maximum absolute atomic E-state index is 4.39. The number of unbranched alkanes of at least 4 members (excludes halogenated alkanes) is 1. The van der Waals surface area contributed by atoms with Gasteiger partial charge in [0.15, 0.2) is 0 Å². The predicted molar refractivity (Wildman–Crippen MR) is 49.1 cm³/mol. The van der Waals surface area contributed by atoms with Crippen LogP contribution in [-0.2, 0) is 0 Å². The van der Waals surface area contributed by atoms with Gasteiger partial charge in [-0.2, -0.15) is 0 Å². The van der Waals surface area contributed by atoms with Crippen LogP contribution < -0.4 is 18.9 Å². The molecule has 0 aromatic heterocycles. The Balaban J connectivity index is 0.00000121. The molecule has 0 unspecified atom stereocenters. The molecule has 1 aliphatic heterocycles. The average Bonchev–Trinajstić information content (AvgIpc) is 2.28. The van der Waals surface area contributed by atoms with Gasteiger partial charge in [-0.1, -0.05) is 19.8 Å². The summed E-state index contributed by atoms with van der Waals surface area (Å²) in [7, 11) is 0. The molecule has 12 heavy (non-hydrogen) atoms. The number of hydrogen-bond acceptors (Lipinski definition) is 1. The molecule has 0 saturated carbocycles. The Labute approximate surface area is 88.3 Å². The Morgan fingerprint density at radius 1 is 1.25 bits per heavy atom. The van der Waals surface area contributed by atoms with Gasteiger partial charge in [-0.3, -0.25) is 0 Å². The third kappa shape index (κ3) is 5.21. The zero-order valence-electron chi connectivity index (χ0n) is 8.55. The van der Waals surface area contributed by atoms with Crippen LogP contribution in [0.2, 0.25) is 0 Å². The molecule has 0 radical (unpaired) electrons. The van der Waals surface area contributed by atoms with Crippen molar-refractivity contribution in [2.75, 3.05) is 32.7 Å². The molecule has 0 atom stereocenters. The van der Waals surface area contributed by atoms with Crippen LogP contribution in [-0.4, -0.2) is 37.6 Å². The fraction of sp³-hybridized carbons (Fsp3) is 1.00. The van der Waals surface area contributed by atoms with E-state index in [4.69, 9.17) is 0 Å². The van der Waals surface area contributed by atoms with E-state index in [1.807, 2.05) is 0 Å². The van der Waals surface area contributed by atoms with Crippen molar-refractivity contribution in [3.63, 3.8) is 0 Å². The molecule has 1 fully saturated rings. The average molecular weight is 162 g/mol. The van der Waals surface area contributed by atoms with Crippen molar-refractivity contribution in [1.29, 1.82) is 0 Å². The summed E-state index contributed by atoms with van der Waals surface area (Å²) in [6.45, 7) is 8.14. The summed E-state index contributed by atoms with van der Waals surface area (Å²) in [5.41, 5.74) is 0. The Hall–Kier alpha value is 0.517. The van der Waals surface area contributed by atoms with Crippen LogP contribution in [0.4, 0.5) is 0 Å². The molecule has 0 aromatic carbocycles. The van der Waals surface area contributed by atoms with Crippen molar-refractivity contribution in [1.82, 2.24) is 4.90 Å². The standard InChI is InChI=1S/C9H19N2.Li/c1-2-3-7-11-8-4-5-10-6-9-11;/h2-9H2,1H3;/q-1;+1. The molecule has 0 amide bonds. The van der Waals surface area contributed by atoms with Crippen LogP contribution in [0.5, 0.6) is 0 Å². The number of nitrogens with zero attached hydrogens (tertiary/aromatic N) is 2. The van der Waals surface area contributed by atoms with Crippen molar-refractivity contribution in [2.45, 2.75) is 26.2 Å². The van der Waals surface area contributed by atoms with Crippen molar-refractivity contribution in [3.05, 3.63) is 5.32 Å². The van der Waals surface area contributed by atoms with Crippen LogP contribution in [0.3, 0.4) is 0 Å². The molecule has 1 saturated heterocycles. The van der Waals surface area contributed by atoms with Gasteiger partial charge >= 0.3 is 18.9 Å². The first-order valence-corrected chi connectivity index (χ1v) is 4.79. The topological polar surface area (TPSA) is 17.3 Å². The summed E-state index contributed by atoms with van der Waals surface area (Å²) in [5.74, 6) is 0. The van der Waals surface area contributed by atoms with Gasteiger partial charge < -0.3 is 10.2 Å². The fourth-order valence-electron chi connectivity index (χ4n) is 1.45. The van der Waals surface area contributed by atoms with Gasteiger partial charge in [0.2, 0.25) is 0 Å². The summed E-state index contributed by atoms with van der Waals surface area (Å²) in [4.78, 5) is 2.54. The van der Waals surface area contributed by atoms with E-state index in [0.29, 0.717) is 0 Å². The molecule has 0 bridgehead atoms. The number of hydrogen-bond donors (Lipinski definition) is 0. The smallest absolute Gasteiger partial charge is 0.661 e. The van der Waals surface area contributed by atoms with E-state index < -0.39 is 0 Å². The van der Waals surface area contributed by atoms with Crippen LogP contribution in [0, 0.1) is 0 Å². The van der Waals surface area contributed by atoms with E-state index >= 15 is 0 Å². The molecule has 3 heteroatoms. The number of rotatable bonds is 3. The van der Waals surface area contributed by atoms with Crippen molar-refractivity contribution < 1.29 is 18.9 Å². The minimum atomic E-state index is 0. The molecule has 1 heterocycles. The summed E-state index contributed by atoms with van der Waals surface area (Å²) >= 11 is 0. The maximum Gasteiger partial charge on any atom is 1.00 e. The van der Waals surface area contributed by atoms with E-state index in [-0.39, 0.29) is 18.9 Å². The normalized spacial score (nSPS) is 19.8. The quantitative estimate of drug-likeness (QED) is 0.480. The molecule has 0 N–H and O–H groups in total. The zero-order valence-corrected chi connectivity index (χ0v) is 8.55. The summed E-state index contributed by atoms with van der Waals surface area (Å²) in [6, 6.07) is 0. The second-order valence-corrected chi connectivity index (χ2v) is 3.22. The zero-order chi connectivity index (χ0) is 7.94. The van der Waals surface area contributed by atoms with E-state index in [1.54, 1.807) is 0 Å². The monoisotopic (exact) mass is 162 g/mol. The summed E-state index contributed by atoms with van der Waals surface area (Å²) < 4.78 is 0. The molecule has 0 aliphatic carbocycles.